The van der Waals surface area contributed by atoms with Crippen molar-refractivity contribution in [2.45, 2.75) is 31.3 Å². The van der Waals surface area contributed by atoms with E-state index in [1.807, 2.05) is 24.3 Å². The number of H-pyrrole nitrogens is 1. The average molecular weight is 407 g/mol. The van der Waals surface area contributed by atoms with Crippen LogP contribution in [0.2, 0.25) is 0 Å². The van der Waals surface area contributed by atoms with E-state index in [0.29, 0.717) is 12.8 Å². The van der Waals surface area contributed by atoms with Crippen molar-refractivity contribution in [2.24, 2.45) is 0 Å². The molecule has 2 fully saturated rings. The molecule has 150 valence electrons. The van der Waals surface area contributed by atoms with Crippen molar-refractivity contribution in [1.29, 1.82) is 0 Å². The zero-order valence-electron chi connectivity index (χ0n) is 15.3. The van der Waals surface area contributed by atoms with E-state index in [2.05, 4.69) is 15.6 Å². The largest absolute Gasteiger partial charge is 0.326 e. The summed E-state index contributed by atoms with van der Waals surface area (Å²) >= 11 is 0. The summed E-state index contributed by atoms with van der Waals surface area (Å²) in [6.45, 7) is 1.87. The number of amides is 3. The molecule has 0 radical (unpaired) electrons. The van der Waals surface area contributed by atoms with Gasteiger partial charge in [0.2, 0.25) is 10.0 Å². The van der Waals surface area contributed by atoms with Gasteiger partial charge >= 0.3 is 11.7 Å². The summed E-state index contributed by atoms with van der Waals surface area (Å²) in [6, 6.07) is 6.58. The maximum Gasteiger partial charge on any atom is 0.326 e. The van der Waals surface area contributed by atoms with Gasteiger partial charge in [0, 0.05) is 19.1 Å². The molecule has 2 aliphatic rings. The van der Waals surface area contributed by atoms with Gasteiger partial charge in [-0.1, -0.05) is 12.1 Å². The molecule has 10 nitrogen and oxygen atoms in total. The van der Waals surface area contributed by atoms with Gasteiger partial charge in [-0.05, 0) is 31.9 Å². The van der Waals surface area contributed by atoms with Crippen LogP contribution in [0.5, 0.6) is 0 Å². The topological polar surface area (TPSA) is 133 Å². The average Bonchev–Trinajstić information content (AvgIpc) is 3.08. The number of hydrogen-bond donors (Lipinski definition) is 3. The summed E-state index contributed by atoms with van der Waals surface area (Å²) in [5, 5.41) is 4.45. The lowest BCUT2D eigenvalue weighted by Crippen LogP contribution is -2.53. The summed E-state index contributed by atoms with van der Waals surface area (Å²) in [4.78, 5) is 38.4. The van der Waals surface area contributed by atoms with Gasteiger partial charge in [-0.25, -0.2) is 22.3 Å². The Morgan fingerprint density at radius 2 is 1.82 bits per heavy atom. The number of carbonyl (C=O) groups excluding carboxylic acids is 2. The number of imide groups is 1. The second kappa shape index (κ2) is 6.45. The number of nitrogens with zero attached hydrogens (tertiary/aromatic N) is 2. The highest BCUT2D eigenvalue weighted by molar-refractivity contribution is 7.89. The molecular weight excluding hydrogens is 386 g/mol. The van der Waals surface area contributed by atoms with Gasteiger partial charge in [-0.3, -0.25) is 14.7 Å². The Hall–Kier alpha value is -2.66. The van der Waals surface area contributed by atoms with Crippen LogP contribution in [-0.4, -0.2) is 58.6 Å². The molecule has 0 unspecified atom stereocenters. The van der Waals surface area contributed by atoms with Crippen molar-refractivity contribution in [3.8, 4) is 0 Å². The third-order valence-corrected chi connectivity index (χ3v) is 7.49. The number of hydrogen-bond acceptors (Lipinski definition) is 5. The van der Waals surface area contributed by atoms with Crippen LogP contribution in [0, 0.1) is 0 Å². The second-order valence-corrected chi connectivity index (χ2v) is 9.41. The normalized spacial score (nSPS) is 24.5. The fourth-order valence-corrected chi connectivity index (χ4v) is 5.84. The SMILES string of the molecule is C[C@]1(CS(=O)(=O)N2CCC(n3c(=O)[nH]c4ccccc43)CC2)NC(=O)NC1=O. The zero-order valence-corrected chi connectivity index (χ0v) is 16.1. The molecule has 0 saturated carbocycles. The van der Waals surface area contributed by atoms with Gasteiger partial charge in [0.1, 0.15) is 5.54 Å². The minimum atomic E-state index is -3.76. The summed E-state index contributed by atoms with van der Waals surface area (Å²) in [5.41, 5.74) is -0.147. The van der Waals surface area contributed by atoms with E-state index in [-0.39, 0.29) is 24.8 Å². The van der Waals surface area contributed by atoms with E-state index in [4.69, 9.17) is 0 Å². The number of para-hydroxylation sites is 2. The maximum atomic E-state index is 12.8. The van der Waals surface area contributed by atoms with E-state index in [9.17, 15) is 22.8 Å². The third-order valence-electron chi connectivity index (χ3n) is 5.39. The zero-order chi connectivity index (χ0) is 20.1. The molecule has 0 aliphatic carbocycles. The number of aromatic amines is 1. The molecule has 3 N–H and O–H groups in total. The number of sulfonamides is 1. The van der Waals surface area contributed by atoms with Crippen molar-refractivity contribution >= 4 is 33.0 Å². The summed E-state index contributed by atoms with van der Waals surface area (Å²) < 4.78 is 28.6. The smallest absolute Gasteiger partial charge is 0.322 e. The molecule has 1 atom stereocenters. The number of fused-ring (bicyclic) bond motifs is 1. The number of aromatic nitrogens is 2. The van der Waals surface area contributed by atoms with E-state index < -0.39 is 33.3 Å². The number of piperidine rings is 1. The maximum absolute atomic E-state index is 12.8. The van der Waals surface area contributed by atoms with Crippen molar-refractivity contribution in [2.75, 3.05) is 18.8 Å². The van der Waals surface area contributed by atoms with Gasteiger partial charge in [0.05, 0.1) is 16.8 Å². The van der Waals surface area contributed by atoms with Crippen LogP contribution in [0.15, 0.2) is 29.1 Å². The van der Waals surface area contributed by atoms with E-state index in [0.717, 1.165) is 11.0 Å². The first-order chi connectivity index (χ1) is 13.2. The minimum absolute atomic E-state index is 0.111. The molecule has 28 heavy (non-hydrogen) atoms. The Morgan fingerprint density at radius 3 is 2.46 bits per heavy atom. The Bertz CT molecular complexity index is 1110. The predicted molar refractivity (Wildman–Crippen MR) is 101 cm³/mol. The second-order valence-electron chi connectivity index (χ2n) is 7.44. The summed E-state index contributed by atoms with van der Waals surface area (Å²) in [7, 11) is -3.76. The number of carbonyl (C=O) groups is 2. The lowest BCUT2D eigenvalue weighted by atomic mass is 10.1. The summed E-state index contributed by atoms with van der Waals surface area (Å²) in [5.74, 6) is -1.16. The number of urea groups is 1. The molecule has 1 aromatic carbocycles. The fraction of sp³-hybridized carbons (Fsp3) is 0.471. The van der Waals surface area contributed by atoms with E-state index in [1.54, 1.807) is 4.57 Å². The van der Waals surface area contributed by atoms with Crippen LogP contribution >= 0.6 is 0 Å². The molecule has 2 aliphatic heterocycles. The Morgan fingerprint density at radius 1 is 1.14 bits per heavy atom. The Balaban J connectivity index is 1.49. The first kappa shape index (κ1) is 18.7. The fourth-order valence-electron chi connectivity index (χ4n) is 3.95. The predicted octanol–water partition coefficient (Wildman–Crippen LogP) is -0.106. The van der Waals surface area contributed by atoms with E-state index >= 15 is 0 Å². The van der Waals surface area contributed by atoms with E-state index in [1.165, 1.54) is 11.2 Å². The molecular formula is C17H21N5O5S. The highest BCUT2D eigenvalue weighted by atomic mass is 32.2. The van der Waals surface area contributed by atoms with Crippen LogP contribution < -0.4 is 16.3 Å². The van der Waals surface area contributed by atoms with Crippen LogP contribution in [0.25, 0.3) is 11.0 Å². The van der Waals surface area contributed by atoms with Crippen molar-refractivity contribution in [3.63, 3.8) is 0 Å². The number of rotatable bonds is 4. The molecule has 2 aromatic rings. The lowest BCUT2D eigenvalue weighted by Gasteiger charge is -2.33. The Labute approximate surface area is 160 Å². The molecule has 3 amide bonds. The van der Waals surface area contributed by atoms with Gasteiger partial charge in [-0.15, -0.1) is 0 Å². The van der Waals surface area contributed by atoms with Crippen LogP contribution in [-0.2, 0) is 14.8 Å². The molecule has 1 aromatic heterocycles. The highest BCUT2D eigenvalue weighted by Gasteiger charge is 2.47. The van der Waals surface area contributed by atoms with Crippen LogP contribution in [0.4, 0.5) is 4.79 Å². The van der Waals surface area contributed by atoms with Crippen molar-refractivity contribution in [1.82, 2.24) is 24.5 Å². The van der Waals surface area contributed by atoms with Gasteiger partial charge < -0.3 is 10.3 Å². The number of nitrogens with one attached hydrogen (secondary N) is 3. The first-order valence-corrected chi connectivity index (χ1v) is 10.6. The molecule has 4 rings (SSSR count). The summed E-state index contributed by atoms with van der Waals surface area (Å²) in [6.07, 6.45) is 0.965. The van der Waals surface area contributed by atoms with Crippen LogP contribution in [0.1, 0.15) is 25.8 Å². The van der Waals surface area contributed by atoms with Crippen molar-refractivity contribution in [3.05, 3.63) is 34.7 Å². The standard InChI is InChI=1S/C17H21N5O5S/c1-17(14(23)19-15(24)20-17)10-28(26,27)21-8-6-11(7-9-21)22-13-5-3-2-4-12(13)18-16(22)25/h2-5,11H,6-10H2,1H3,(H,18,25)(H2,19,20,23,24)/t17-/m1/s1. The van der Waals surface area contributed by atoms with Gasteiger partial charge in [0.25, 0.3) is 5.91 Å². The molecule has 0 spiro atoms. The molecule has 3 heterocycles. The van der Waals surface area contributed by atoms with Crippen molar-refractivity contribution < 1.29 is 18.0 Å². The van der Waals surface area contributed by atoms with Gasteiger partial charge in [0.15, 0.2) is 0 Å². The quantitative estimate of drug-likeness (QED) is 0.609. The minimum Gasteiger partial charge on any atom is -0.322 e. The molecule has 0 bridgehead atoms. The molecule has 11 heteroatoms. The highest BCUT2D eigenvalue weighted by Crippen LogP contribution is 2.27. The van der Waals surface area contributed by atoms with Crippen LogP contribution in [0.3, 0.4) is 0 Å². The monoisotopic (exact) mass is 407 g/mol. The van der Waals surface area contributed by atoms with Gasteiger partial charge in [-0.2, -0.15) is 0 Å². The molecule has 2 saturated heterocycles. The lowest BCUT2D eigenvalue weighted by molar-refractivity contribution is -0.122. The third kappa shape index (κ3) is 3.10. The number of imidazole rings is 1. The number of benzene rings is 1. The Kier molecular flexibility index (Phi) is 4.31. The first-order valence-electron chi connectivity index (χ1n) is 9.00.